The third-order valence-corrected chi connectivity index (χ3v) is 6.67. The Hall–Kier alpha value is -2.56. The van der Waals surface area contributed by atoms with Gasteiger partial charge >= 0.3 is 5.97 Å². The van der Waals surface area contributed by atoms with Crippen molar-refractivity contribution in [2.75, 3.05) is 20.2 Å². The highest BCUT2D eigenvalue weighted by molar-refractivity contribution is 5.84. The maximum atomic E-state index is 12.5. The summed E-state index contributed by atoms with van der Waals surface area (Å²) in [5, 5.41) is 24.5. The summed E-state index contributed by atoms with van der Waals surface area (Å²) in [4.78, 5) is 19.5. The Balaban J connectivity index is 1.77. The summed E-state index contributed by atoms with van der Waals surface area (Å²) in [6.45, 7) is 8.69. The summed E-state index contributed by atoms with van der Waals surface area (Å²) in [6.07, 6.45) is 0.661. The Morgan fingerprint density at radius 2 is 2.10 bits per heavy atom. The van der Waals surface area contributed by atoms with E-state index in [0.29, 0.717) is 32.4 Å². The molecule has 2 aromatic rings. The largest absolute Gasteiger partial charge is 0.469 e. The summed E-state index contributed by atoms with van der Waals surface area (Å²) in [5.74, 6) is -1.35. The Morgan fingerprint density at radius 1 is 1.31 bits per heavy atom. The molecule has 1 aromatic carbocycles. The van der Waals surface area contributed by atoms with Gasteiger partial charge in [0.05, 0.1) is 38.3 Å². The summed E-state index contributed by atoms with van der Waals surface area (Å²) in [6, 6.07) is 7.92. The molecule has 0 saturated heterocycles. The standard InChI is InChI=1S/C22H27N3O4/c1-23-25-10-9-15-14-5-3-4-6-17(14)24-21(15)19(27)11-16-13(12-25)7-8-18(26)20(16)22(28)29-2/h3-6,13,16,18-20,24,26-27H,7-12H2,2H3/t13-,16-,18-,19+,20+/m0/s1. The molecule has 0 bridgehead atoms. The van der Waals surface area contributed by atoms with Gasteiger partial charge < -0.3 is 19.9 Å². The summed E-state index contributed by atoms with van der Waals surface area (Å²) >= 11 is 0. The van der Waals surface area contributed by atoms with E-state index in [4.69, 9.17) is 11.3 Å². The second-order valence-electron chi connectivity index (χ2n) is 8.19. The fourth-order valence-electron chi connectivity index (χ4n) is 5.23. The second kappa shape index (κ2) is 8.05. The number of fused-ring (bicyclic) bond motifs is 4. The number of aliphatic hydroxyl groups excluding tert-OH is 2. The molecule has 0 radical (unpaired) electrons. The number of para-hydroxylation sites is 1. The molecule has 29 heavy (non-hydrogen) atoms. The van der Waals surface area contributed by atoms with Gasteiger partial charge in [0.25, 0.3) is 0 Å². The number of nitrogens with zero attached hydrogens (tertiary/aromatic N) is 2. The molecule has 2 heterocycles. The molecule has 1 aliphatic heterocycles. The summed E-state index contributed by atoms with van der Waals surface area (Å²) in [5.41, 5.74) is 2.72. The zero-order chi connectivity index (χ0) is 20.5. The number of esters is 1. The number of aliphatic hydroxyl groups is 2. The predicted molar refractivity (Wildman–Crippen MR) is 107 cm³/mol. The van der Waals surface area contributed by atoms with Crippen molar-refractivity contribution in [1.29, 1.82) is 0 Å². The van der Waals surface area contributed by atoms with Gasteiger partial charge in [-0.3, -0.25) is 4.79 Å². The summed E-state index contributed by atoms with van der Waals surface area (Å²) in [7, 11) is 1.33. The number of benzene rings is 1. The summed E-state index contributed by atoms with van der Waals surface area (Å²) < 4.78 is 4.98. The molecule has 0 spiro atoms. The van der Waals surface area contributed by atoms with Crippen molar-refractivity contribution in [3.05, 3.63) is 47.0 Å². The van der Waals surface area contributed by atoms with Crippen LogP contribution in [0.15, 0.2) is 24.3 Å². The Kier molecular flexibility index (Phi) is 5.48. The maximum Gasteiger partial charge on any atom is 0.311 e. The molecule has 3 N–H and O–H groups in total. The second-order valence-corrected chi connectivity index (χ2v) is 8.19. The minimum Gasteiger partial charge on any atom is -0.469 e. The number of methoxy groups -OCH3 is 1. The van der Waals surface area contributed by atoms with Crippen LogP contribution in [0.25, 0.3) is 15.9 Å². The third-order valence-electron chi connectivity index (χ3n) is 6.67. The molecule has 0 unspecified atom stereocenters. The van der Waals surface area contributed by atoms with Crippen molar-refractivity contribution in [2.24, 2.45) is 17.8 Å². The average molecular weight is 397 g/mol. The molecule has 1 fully saturated rings. The van der Waals surface area contributed by atoms with Crippen LogP contribution in [0.5, 0.6) is 0 Å². The highest BCUT2D eigenvalue weighted by atomic mass is 16.5. The lowest BCUT2D eigenvalue weighted by Gasteiger charge is -2.41. The molecule has 0 amide bonds. The molecule has 1 saturated carbocycles. The number of H-pyrrole nitrogens is 1. The van der Waals surface area contributed by atoms with Crippen molar-refractivity contribution in [3.8, 4) is 0 Å². The van der Waals surface area contributed by atoms with E-state index in [2.05, 4.69) is 9.94 Å². The lowest BCUT2D eigenvalue weighted by Crippen LogP contribution is -2.46. The van der Waals surface area contributed by atoms with Crippen molar-refractivity contribution in [2.45, 2.75) is 37.9 Å². The monoisotopic (exact) mass is 397 g/mol. The van der Waals surface area contributed by atoms with Gasteiger partial charge in [-0.2, -0.15) is 11.5 Å². The van der Waals surface area contributed by atoms with E-state index in [1.807, 2.05) is 24.3 Å². The molecule has 5 atom stereocenters. The fourth-order valence-corrected chi connectivity index (χ4v) is 5.23. The average Bonchev–Trinajstić information content (AvgIpc) is 3.10. The first-order valence-electron chi connectivity index (χ1n) is 10.2. The zero-order valence-electron chi connectivity index (χ0n) is 16.5. The lowest BCUT2D eigenvalue weighted by molar-refractivity contribution is -0.158. The molecule has 154 valence electrons. The lowest BCUT2D eigenvalue weighted by atomic mass is 9.67. The Bertz CT molecular complexity index is 934. The number of aromatic amines is 1. The molecule has 7 nitrogen and oxygen atoms in total. The van der Waals surface area contributed by atoms with Crippen molar-refractivity contribution in [3.63, 3.8) is 0 Å². The number of aromatic nitrogens is 1. The van der Waals surface area contributed by atoms with Gasteiger partial charge in [-0.1, -0.05) is 18.2 Å². The highest BCUT2D eigenvalue weighted by Crippen LogP contribution is 2.43. The minimum atomic E-state index is -0.789. The molecule has 2 aliphatic rings. The van der Waals surface area contributed by atoms with Crippen LogP contribution in [-0.2, 0) is 16.0 Å². The van der Waals surface area contributed by atoms with Gasteiger partial charge in [-0.05, 0) is 49.1 Å². The number of hydrogen-bond donors (Lipinski definition) is 3. The normalized spacial score (nSPS) is 30.1. The minimum absolute atomic E-state index is 0.0391. The smallest absolute Gasteiger partial charge is 0.311 e. The van der Waals surface area contributed by atoms with Crippen molar-refractivity contribution in [1.82, 2.24) is 9.99 Å². The van der Waals surface area contributed by atoms with E-state index >= 15 is 0 Å². The number of rotatable bonds is 1. The van der Waals surface area contributed by atoms with Crippen molar-refractivity contribution < 1.29 is 19.7 Å². The molecule has 4 rings (SSSR count). The number of hydrogen-bond acceptors (Lipinski definition) is 5. The van der Waals surface area contributed by atoms with E-state index in [0.717, 1.165) is 28.6 Å². The molecule has 1 aliphatic carbocycles. The number of carbonyl (C=O) groups is 1. The van der Waals surface area contributed by atoms with Gasteiger partial charge in [-0.15, -0.1) is 5.01 Å². The first kappa shape index (κ1) is 19.7. The van der Waals surface area contributed by atoms with Crippen LogP contribution >= 0.6 is 0 Å². The van der Waals surface area contributed by atoms with Gasteiger partial charge in [-0.25, -0.2) is 0 Å². The topological polar surface area (TPSA) is 90.2 Å². The van der Waals surface area contributed by atoms with Gasteiger partial charge in [0, 0.05) is 16.6 Å². The van der Waals surface area contributed by atoms with E-state index in [9.17, 15) is 15.0 Å². The van der Waals surface area contributed by atoms with E-state index < -0.39 is 24.1 Å². The van der Waals surface area contributed by atoms with Crippen molar-refractivity contribution >= 4 is 16.9 Å². The van der Waals surface area contributed by atoms with E-state index in [1.165, 1.54) is 7.11 Å². The van der Waals surface area contributed by atoms with Gasteiger partial charge in [0.15, 0.2) is 0 Å². The molecular formula is C22H27N3O4. The van der Waals surface area contributed by atoms with Crippen LogP contribution in [0.3, 0.4) is 0 Å². The van der Waals surface area contributed by atoms with Crippen LogP contribution in [0.1, 0.15) is 36.6 Å². The Morgan fingerprint density at radius 3 is 2.86 bits per heavy atom. The maximum absolute atomic E-state index is 12.5. The zero-order valence-corrected chi connectivity index (χ0v) is 16.5. The van der Waals surface area contributed by atoms with Crippen LogP contribution in [0.4, 0.5) is 0 Å². The number of ether oxygens (including phenoxy) is 1. The molecule has 1 aromatic heterocycles. The van der Waals surface area contributed by atoms with Gasteiger partial charge in [0.2, 0.25) is 0 Å². The van der Waals surface area contributed by atoms with E-state index in [1.54, 1.807) is 5.01 Å². The third kappa shape index (κ3) is 3.59. The van der Waals surface area contributed by atoms with Crippen LogP contribution in [0.2, 0.25) is 0 Å². The molecule has 7 heteroatoms. The fraction of sp³-hybridized carbons (Fsp3) is 0.545. The van der Waals surface area contributed by atoms with E-state index in [-0.39, 0.29) is 11.8 Å². The number of nitrogens with one attached hydrogen (secondary N) is 1. The quantitative estimate of drug-likeness (QED) is 0.508. The molecular weight excluding hydrogens is 370 g/mol. The Labute approximate surface area is 170 Å². The first-order valence-corrected chi connectivity index (χ1v) is 10.2. The SMILES string of the molecule is [C-]#[N+]N1CCc2c([nH]c3ccccc23)[C@H](O)C[C@H]2[C@@H](CC[C@H](O)[C@@H]2C(=O)OC)C1. The van der Waals surface area contributed by atoms with Crippen LogP contribution in [-0.4, -0.2) is 52.5 Å². The van der Waals surface area contributed by atoms with Crippen LogP contribution < -0.4 is 0 Å². The van der Waals surface area contributed by atoms with Crippen LogP contribution in [0, 0.1) is 24.3 Å². The highest BCUT2D eigenvalue weighted by Gasteiger charge is 2.46. The van der Waals surface area contributed by atoms with Gasteiger partial charge in [0.1, 0.15) is 0 Å². The number of carbonyl (C=O) groups excluding carboxylic acids is 1. The first-order chi connectivity index (χ1) is 14.0. The predicted octanol–water partition coefficient (Wildman–Crippen LogP) is 2.46.